The number of aromatic nitrogens is 2. The SMILES string of the molecule is CC/C=C/c1cn(C(=O)CC2CCCCC2)c(=O)n1Cc1ccc(-c2ccccc2C(=O)O)cc1. The first-order chi connectivity index (χ1) is 17.0. The van der Waals surface area contributed by atoms with E-state index in [2.05, 4.69) is 0 Å². The molecule has 0 atom stereocenters. The number of carboxylic acids is 1. The highest BCUT2D eigenvalue weighted by atomic mass is 16.4. The van der Waals surface area contributed by atoms with Gasteiger partial charge < -0.3 is 5.11 Å². The molecular formula is C29H32N2O4. The Balaban J connectivity index is 1.59. The second-order valence-electron chi connectivity index (χ2n) is 9.25. The Kier molecular flexibility index (Phi) is 7.80. The van der Waals surface area contributed by atoms with Crippen molar-refractivity contribution in [1.82, 2.24) is 9.13 Å². The van der Waals surface area contributed by atoms with E-state index >= 15 is 0 Å². The van der Waals surface area contributed by atoms with Crippen LogP contribution in [0.1, 0.15) is 78.3 Å². The lowest BCUT2D eigenvalue weighted by atomic mass is 9.87. The van der Waals surface area contributed by atoms with Crippen LogP contribution in [0.25, 0.3) is 17.2 Å². The number of carbonyl (C=O) groups is 2. The van der Waals surface area contributed by atoms with Crippen LogP contribution in [0.3, 0.4) is 0 Å². The zero-order chi connectivity index (χ0) is 24.8. The summed E-state index contributed by atoms with van der Waals surface area (Å²) in [6, 6.07) is 14.4. The molecule has 0 aliphatic heterocycles. The van der Waals surface area contributed by atoms with Gasteiger partial charge in [0.05, 0.1) is 17.8 Å². The van der Waals surface area contributed by atoms with E-state index in [1.54, 1.807) is 29.0 Å². The average Bonchev–Trinajstić information content (AvgIpc) is 3.18. The maximum atomic E-state index is 13.3. The third kappa shape index (κ3) is 5.70. The minimum Gasteiger partial charge on any atom is -0.478 e. The Morgan fingerprint density at radius 2 is 1.74 bits per heavy atom. The van der Waals surface area contributed by atoms with E-state index in [9.17, 15) is 19.5 Å². The molecule has 4 rings (SSSR count). The summed E-state index contributed by atoms with van der Waals surface area (Å²) >= 11 is 0. The van der Waals surface area contributed by atoms with Gasteiger partial charge in [0, 0.05) is 12.6 Å². The molecule has 2 aromatic carbocycles. The maximum Gasteiger partial charge on any atom is 0.336 e. The lowest BCUT2D eigenvalue weighted by Gasteiger charge is -2.20. The fraction of sp³-hybridized carbons (Fsp3) is 0.345. The Morgan fingerprint density at radius 3 is 2.43 bits per heavy atom. The van der Waals surface area contributed by atoms with Crippen LogP contribution < -0.4 is 5.69 Å². The minimum atomic E-state index is -0.970. The minimum absolute atomic E-state index is 0.132. The Labute approximate surface area is 205 Å². The van der Waals surface area contributed by atoms with Crippen LogP contribution in [0.4, 0.5) is 0 Å². The van der Waals surface area contributed by atoms with Gasteiger partial charge in [0.2, 0.25) is 5.91 Å². The molecule has 1 fully saturated rings. The molecule has 0 spiro atoms. The van der Waals surface area contributed by atoms with Crippen LogP contribution in [-0.2, 0) is 6.54 Å². The van der Waals surface area contributed by atoms with Gasteiger partial charge in [-0.3, -0.25) is 9.36 Å². The van der Waals surface area contributed by atoms with E-state index in [1.807, 2.05) is 49.4 Å². The van der Waals surface area contributed by atoms with Crippen LogP contribution in [0.5, 0.6) is 0 Å². The van der Waals surface area contributed by atoms with Crippen molar-refractivity contribution in [2.45, 2.75) is 58.4 Å². The molecule has 182 valence electrons. The van der Waals surface area contributed by atoms with Gasteiger partial charge in [-0.05, 0) is 54.0 Å². The van der Waals surface area contributed by atoms with E-state index < -0.39 is 5.97 Å². The molecule has 1 heterocycles. The number of imidazole rings is 1. The summed E-state index contributed by atoms with van der Waals surface area (Å²) in [4.78, 5) is 37.8. The highest BCUT2D eigenvalue weighted by molar-refractivity contribution is 5.96. The number of aromatic carboxylic acids is 1. The number of allylic oxidation sites excluding steroid dienone is 1. The molecule has 35 heavy (non-hydrogen) atoms. The zero-order valence-electron chi connectivity index (χ0n) is 20.2. The number of nitrogens with zero attached hydrogens (tertiary/aromatic N) is 2. The monoisotopic (exact) mass is 472 g/mol. The van der Waals surface area contributed by atoms with Gasteiger partial charge in [-0.2, -0.15) is 0 Å². The Hall–Kier alpha value is -3.67. The fourth-order valence-corrected chi connectivity index (χ4v) is 4.84. The molecule has 0 saturated heterocycles. The molecular weight excluding hydrogens is 440 g/mol. The maximum absolute atomic E-state index is 13.3. The fourth-order valence-electron chi connectivity index (χ4n) is 4.84. The second-order valence-corrected chi connectivity index (χ2v) is 9.25. The Morgan fingerprint density at radius 1 is 1.03 bits per heavy atom. The van der Waals surface area contributed by atoms with Crippen molar-refractivity contribution in [3.63, 3.8) is 0 Å². The van der Waals surface area contributed by atoms with Crippen LogP contribution in [0, 0.1) is 5.92 Å². The molecule has 1 aliphatic rings. The van der Waals surface area contributed by atoms with Crippen LogP contribution in [0.2, 0.25) is 0 Å². The number of hydrogen-bond acceptors (Lipinski definition) is 3. The standard InChI is InChI=1S/C29H32N2O4/c1-2-3-11-24-20-31(27(32)18-21-9-5-4-6-10-21)29(35)30(24)19-22-14-16-23(17-15-22)25-12-7-8-13-26(25)28(33)34/h3,7-8,11-17,20-21H,2,4-6,9-10,18-19H2,1H3,(H,33,34)/b11-3+. The predicted octanol–water partition coefficient (Wildman–Crippen LogP) is 6.10. The van der Waals surface area contributed by atoms with Crippen LogP contribution in [0.15, 0.2) is 65.6 Å². The highest BCUT2D eigenvalue weighted by Gasteiger charge is 2.21. The molecule has 1 saturated carbocycles. The third-order valence-electron chi connectivity index (χ3n) is 6.75. The molecule has 6 heteroatoms. The van der Waals surface area contributed by atoms with Gasteiger partial charge in [0.15, 0.2) is 0 Å². The first kappa shape index (κ1) is 24.5. The van der Waals surface area contributed by atoms with Crippen molar-refractivity contribution < 1.29 is 14.7 Å². The summed E-state index contributed by atoms with van der Waals surface area (Å²) in [6.45, 7) is 2.35. The number of carbonyl (C=O) groups excluding carboxylic acids is 1. The molecule has 3 aromatic rings. The first-order valence-corrected chi connectivity index (χ1v) is 12.4. The van der Waals surface area contributed by atoms with Crippen molar-refractivity contribution in [3.05, 3.63) is 88.1 Å². The summed E-state index contributed by atoms with van der Waals surface area (Å²) in [6.07, 6.45) is 12.4. The zero-order valence-corrected chi connectivity index (χ0v) is 20.2. The highest BCUT2D eigenvalue weighted by Crippen LogP contribution is 2.27. The lowest BCUT2D eigenvalue weighted by Crippen LogP contribution is -2.30. The third-order valence-corrected chi connectivity index (χ3v) is 6.75. The van der Waals surface area contributed by atoms with E-state index in [-0.39, 0.29) is 17.2 Å². The summed E-state index contributed by atoms with van der Waals surface area (Å²) in [5.41, 5.74) is 2.97. The molecule has 0 unspecified atom stereocenters. The molecule has 0 amide bonds. The van der Waals surface area contributed by atoms with Crippen LogP contribution >= 0.6 is 0 Å². The summed E-state index contributed by atoms with van der Waals surface area (Å²) in [5.74, 6) is -0.738. The topological polar surface area (TPSA) is 81.3 Å². The summed E-state index contributed by atoms with van der Waals surface area (Å²) in [7, 11) is 0. The molecule has 0 radical (unpaired) electrons. The normalized spacial score (nSPS) is 14.4. The molecule has 1 aromatic heterocycles. The van der Waals surface area contributed by atoms with Crippen molar-refractivity contribution in [2.75, 3.05) is 0 Å². The van der Waals surface area contributed by atoms with E-state index in [0.717, 1.165) is 43.2 Å². The van der Waals surface area contributed by atoms with Gasteiger partial charge in [-0.15, -0.1) is 0 Å². The number of carboxylic acid groups (broad SMARTS) is 1. The van der Waals surface area contributed by atoms with Crippen molar-refractivity contribution in [2.24, 2.45) is 5.92 Å². The molecule has 6 nitrogen and oxygen atoms in total. The number of rotatable bonds is 8. The van der Waals surface area contributed by atoms with E-state index in [1.165, 1.54) is 11.0 Å². The average molecular weight is 473 g/mol. The summed E-state index contributed by atoms with van der Waals surface area (Å²) < 4.78 is 2.91. The van der Waals surface area contributed by atoms with E-state index in [0.29, 0.717) is 30.1 Å². The van der Waals surface area contributed by atoms with E-state index in [4.69, 9.17) is 0 Å². The van der Waals surface area contributed by atoms with Crippen molar-refractivity contribution in [1.29, 1.82) is 0 Å². The number of hydrogen-bond donors (Lipinski definition) is 1. The quantitative estimate of drug-likeness (QED) is 0.430. The molecule has 1 aliphatic carbocycles. The van der Waals surface area contributed by atoms with Crippen molar-refractivity contribution in [3.8, 4) is 11.1 Å². The van der Waals surface area contributed by atoms with Gasteiger partial charge in [-0.25, -0.2) is 14.2 Å². The molecule has 0 bridgehead atoms. The first-order valence-electron chi connectivity index (χ1n) is 12.4. The lowest BCUT2D eigenvalue weighted by molar-refractivity contribution is 0.0697. The van der Waals surface area contributed by atoms with Gasteiger partial charge in [0.1, 0.15) is 0 Å². The largest absolute Gasteiger partial charge is 0.478 e. The predicted molar refractivity (Wildman–Crippen MR) is 138 cm³/mol. The summed E-state index contributed by atoms with van der Waals surface area (Å²) in [5, 5.41) is 9.48. The van der Waals surface area contributed by atoms with Gasteiger partial charge >= 0.3 is 11.7 Å². The Bertz CT molecular complexity index is 1270. The van der Waals surface area contributed by atoms with Gasteiger partial charge in [-0.1, -0.05) is 74.7 Å². The van der Waals surface area contributed by atoms with Crippen molar-refractivity contribution >= 4 is 18.0 Å². The van der Waals surface area contributed by atoms with Gasteiger partial charge in [0.25, 0.3) is 0 Å². The second kappa shape index (κ2) is 11.2. The smallest absolute Gasteiger partial charge is 0.336 e. The van der Waals surface area contributed by atoms with Crippen LogP contribution in [-0.4, -0.2) is 26.1 Å². The number of benzene rings is 2. The molecule has 1 N–H and O–H groups in total.